The molecule has 1 saturated heterocycles. The molecule has 222 valence electrons. The first-order chi connectivity index (χ1) is 19.4. The molecule has 41 heavy (non-hydrogen) atoms. The minimum atomic E-state index is -0.920. The van der Waals surface area contributed by atoms with Crippen molar-refractivity contribution in [3.8, 4) is 5.88 Å². The molecular formula is C28H38N6O7. The zero-order valence-electron chi connectivity index (χ0n) is 23.6. The first-order valence-corrected chi connectivity index (χ1v) is 14.5. The van der Waals surface area contributed by atoms with Gasteiger partial charge in [0.05, 0.1) is 13.0 Å². The van der Waals surface area contributed by atoms with Crippen molar-refractivity contribution in [1.29, 1.82) is 5.41 Å². The average Bonchev–Trinajstić information content (AvgIpc) is 3.04. The zero-order valence-corrected chi connectivity index (χ0v) is 23.6. The van der Waals surface area contributed by atoms with E-state index in [1.165, 1.54) is 28.2 Å². The molecule has 2 spiro atoms. The lowest BCUT2D eigenvalue weighted by molar-refractivity contribution is -0.160. The van der Waals surface area contributed by atoms with E-state index in [4.69, 9.17) is 15.9 Å². The summed E-state index contributed by atoms with van der Waals surface area (Å²) in [5.41, 5.74) is 2.89. The molecule has 4 aliphatic carbocycles. The van der Waals surface area contributed by atoms with Gasteiger partial charge in [-0.2, -0.15) is 0 Å². The van der Waals surface area contributed by atoms with Crippen LogP contribution in [0, 0.1) is 22.7 Å². The Morgan fingerprint density at radius 2 is 1.71 bits per heavy atom. The number of carbonyl (C=O) groups is 3. The van der Waals surface area contributed by atoms with Crippen LogP contribution in [-0.2, 0) is 20.9 Å². The van der Waals surface area contributed by atoms with E-state index in [0.717, 1.165) is 19.3 Å². The molecule has 6 rings (SSSR count). The van der Waals surface area contributed by atoms with Gasteiger partial charge in [-0.15, -0.1) is 0 Å². The highest BCUT2D eigenvalue weighted by Gasteiger charge is 2.69. The van der Waals surface area contributed by atoms with Crippen LogP contribution < -0.4 is 17.0 Å². The average molecular weight is 571 g/mol. The second kappa shape index (κ2) is 9.45. The van der Waals surface area contributed by atoms with Crippen LogP contribution in [0.3, 0.4) is 0 Å². The Balaban J connectivity index is 1.21. The standard InChI is InChI=1S/C28H38N6O7/c1-31-24(38)28(34(25(31)39)18-10-16(11-18)23(37)41-2)13-27(14-28)8-6-17(7-9-27)33-22(36)19(20(29)30)21(35)32(26(33)40)12-15-4-3-5-15/h15-18,35H,3-14H2,1-2H3,(H3,29,30). The number of ether oxygens (including phenoxy) is 1. The number of nitrogens with zero attached hydrogens (tertiary/aromatic N) is 4. The minimum absolute atomic E-state index is 0.191. The van der Waals surface area contributed by atoms with Gasteiger partial charge in [-0.25, -0.2) is 9.59 Å². The molecule has 0 bridgehead atoms. The van der Waals surface area contributed by atoms with E-state index in [0.29, 0.717) is 51.4 Å². The number of nitrogens with two attached hydrogens (primary N) is 1. The number of esters is 1. The number of imide groups is 1. The Labute approximate surface area is 236 Å². The maximum absolute atomic E-state index is 13.5. The highest BCUT2D eigenvalue weighted by atomic mass is 16.5. The van der Waals surface area contributed by atoms with Gasteiger partial charge < -0.3 is 20.5 Å². The Morgan fingerprint density at radius 1 is 1.07 bits per heavy atom. The van der Waals surface area contributed by atoms with Crippen LogP contribution in [0.1, 0.15) is 82.2 Å². The summed E-state index contributed by atoms with van der Waals surface area (Å²) in [6.07, 6.45) is 7.27. The zero-order chi connectivity index (χ0) is 29.4. The normalized spacial score (nSPS) is 33.1. The van der Waals surface area contributed by atoms with Gasteiger partial charge in [-0.05, 0) is 75.5 Å². The highest BCUT2D eigenvalue weighted by molar-refractivity contribution is 6.07. The van der Waals surface area contributed by atoms with Gasteiger partial charge in [0, 0.05) is 25.7 Å². The second-order valence-electron chi connectivity index (χ2n) is 13.0. The molecule has 5 fully saturated rings. The third-order valence-corrected chi connectivity index (χ3v) is 10.7. The van der Waals surface area contributed by atoms with E-state index >= 15 is 0 Å². The smallest absolute Gasteiger partial charge is 0.334 e. The molecule has 13 nitrogen and oxygen atoms in total. The van der Waals surface area contributed by atoms with Crippen molar-refractivity contribution < 1.29 is 24.2 Å². The summed E-state index contributed by atoms with van der Waals surface area (Å²) in [4.78, 5) is 68.2. The van der Waals surface area contributed by atoms with Crippen LogP contribution in [0.2, 0.25) is 0 Å². The molecule has 4 N–H and O–H groups in total. The molecule has 1 aromatic heterocycles. The predicted octanol–water partition coefficient (Wildman–Crippen LogP) is 1.28. The van der Waals surface area contributed by atoms with Crippen LogP contribution in [0.4, 0.5) is 4.79 Å². The summed E-state index contributed by atoms with van der Waals surface area (Å²) in [7, 11) is 2.85. The number of carbonyl (C=O) groups excluding carboxylic acids is 3. The molecule has 2 heterocycles. The maximum Gasteiger partial charge on any atom is 0.334 e. The number of amidine groups is 1. The van der Waals surface area contributed by atoms with Crippen molar-refractivity contribution >= 4 is 23.7 Å². The molecule has 0 unspecified atom stereocenters. The summed E-state index contributed by atoms with van der Waals surface area (Å²) >= 11 is 0. The number of hydrogen-bond donors (Lipinski definition) is 3. The second-order valence-corrected chi connectivity index (χ2v) is 13.0. The molecule has 0 atom stereocenters. The number of hydrogen-bond acceptors (Lipinski definition) is 8. The lowest BCUT2D eigenvalue weighted by Gasteiger charge is -2.60. The maximum atomic E-state index is 13.5. The molecule has 1 aliphatic heterocycles. The van der Waals surface area contributed by atoms with E-state index < -0.39 is 34.5 Å². The SMILES string of the molecule is COC(=O)C1CC(N2C(=O)N(C)C(=O)C23CC2(CCC(n4c(=O)c(C(=N)N)c(O)n(CC5CCC5)c4=O)CC2)C3)C1. The van der Waals surface area contributed by atoms with Crippen molar-refractivity contribution in [1.82, 2.24) is 18.9 Å². The van der Waals surface area contributed by atoms with Gasteiger partial charge in [0.15, 0.2) is 0 Å². The monoisotopic (exact) mass is 570 g/mol. The van der Waals surface area contributed by atoms with Crippen LogP contribution >= 0.6 is 0 Å². The number of nitrogens with one attached hydrogen (secondary N) is 1. The molecule has 5 aliphatic rings. The number of likely N-dealkylation sites (N-methyl/N-ethyl adjacent to an activating group) is 1. The van der Waals surface area contributed by atoms with Crippen LogP contribution in [0.25, 0.3) is 0 Å². The fraction of sp³-hybridized carbons (Fsp3) is 0.714. The van der Waals surface area contributed by atoms with Gasteiger partial charge >= 0.3 is 17.7 Å². The van der Waals surface area contributed by atoms with Crippen LogP contribution in [0.5, 0.6) is 5.88 Å². The van der Waals surface area contributed by atoms with Crippen molar-refractivity contribution in [2.24, 2.45) is 23.0 Å². The number of nitrogen functional groups attached to an aromatic ring is 1. The quantitative estimate of drug-likeness (QED) is 0.198. The van der Waals surface area contributed by atoms with Gasteiger partial charge in [0.25, 0.3) is 11.5 Å². The molecular weight excluding hydrogens is 532 g/mol. The molecule has 1 aromatic rings. The summed E-state index contributed by atoms with van der Waals surface area (Å²) in [5.74, 6) is -1.65. The Kier molecular flexibility index (Phi) is 6.34. The highest BCUT2D eigenvalue weighted by Crippen LogP contribution is 2.63. The summed E-state index contributed by atoms with van der Waals surface area (Å²) in [6, 6.07) is -0.939. The molecule has 13 heteroatoms. The number of aromatic hydroxyl groups is 1. The molecule has 4 saturated carbocycles. The van der Waals surface area contributed by atoms with Crippen LogP contribution in [0.15, 0.2) is 9.59 Å². The van der Waals surface area contributed by atoms with E-state index in [9.17, 15) is 29.1 Å². The van der Waals surface area contributed by atoms with Gasteiger partial charge in [0.1, 0.15) is 16.9 Å². The summed E-state index contributed by atoms with van der Waals surface area (Å²) in [6.45, 7) is 0.280. The summed E-state index contributed by atoms with van der Waals surface area (Å²) in [5, 5.41) is 18.6. The Hall–Kier alpha value is -3.64. The molecule has 3 amide bonds. The summed E-state index contributed by atoms with van der Waals surface area (Å²) < 4.78 is 7.21. The molecule has 0 radical (unpaired) electrons. The van der Waals surface area contributed by atoms with Crippen molar-refractivity contribution in [3.63, 3.8) is 0 Å². The predicted molar refractivity (Wildman–Crippen MR) is 145 cm³/mol. The first-order valence-electron chi connectivity index (χ1n) is 14.5. The van der Waals surface area contributed by atoms with Gasteiger partial charge in [0.2, 0.25) is 5.88 Å². The fourth-order valence-corrected chi connectivity index (χ4v) is 8.16. The number of amides is 3. The fourth-order valence-electron chi connectivity index (χ4n) is 8.16. The third kappa shape index (κ3) is 3.94. The minimum Gasteiger partial charge on any atom is -0.494 e. The number of rotatable bonds is 6. The lowest BCUT2D eigenvalue weighted by atomic mass is 9.50. The van der Waals surface area contributed by atoms with E-state index in [1.54, 1.807) is 4.90 Å². The van der Waals surface area contributed by atoms with E-state index in [1.807, 2.05) is 0 Å². The Morgan fingerprint density at radius 3 is 2.24 bits per heavy atom. The van der Waals surface area contributed by atoms with Crippen LogP contribution in [-0.4, -0.2) is 73.5 Å². The van der Waals surface area contributed by atoms with Crippen molar-refractivity contribution in [2.75, 3.05) is 14.2 Å². The number of urea groups is 1. The van der Waals surface area contributed by atoms with Gasteiger partial charge in [-0.3, -0.25) is 33.8 Å². The van der Waals surface area contributed by atoms with Crippen molar-refractivity contribution in [2.45, 2.75) is 94.8 Å². The van der Waals surface area contributed by atoms with Gasteiger partial charge in [-0.1, -0.05) is 6.42 Å². The number of aromatic nitrogens is 2. The van der Waals surface area contributed by atoms with Crippen molar-refractivity contribution in [3.05, 3.63) is 26.4 Å². The topological polar surface area (TPSA) is 181 Å². The number of methoxy groups -OCH3 is 1. The lowest BCUT2D eigenvalue weighted by Crippen LogP contribution is -2.67. The van der Waals surface area contributed by atoms with E-state index in [2.05, 4.69) is 0 Å². The largest absolute Gasteiger partial charge is 0.494 e. The molecule has 0 aromatic carbocycles. The third-order valence-electron chi connectivity index (χ3n) is 10.7. The first kappa shape index (κ1) is 27.5. The Bertz CT molecular complexity index is 1440. The van der Waals surface area contributed by atoms with E-state index in [-0.39, 0.29) is 53.3 Å².